The van der Waals surface area contributed by atoms with Gasteiger partial charge in [-0.25, -0.2) is 9.59 Å². The summed E-state index contributed by atoms with van der Waals surface area (Å²) in [5, 5.41) is 0. The minimum absolute atomic E-state index is 0.0674. The van der Waals surface area contributed by atoms with Gasteiger partial charge < -0.3 is 14.2 Å². The van der Waals surface area contributed by atoms with Crippen molar-refractivity contribution in [3.8, 4) is 0 Å². The van der Waals surface area contributed by atoms with E-state index in [1.165, 1.54) is 13.3 Å². The van der Waals surface area contributed by atoms with Crippen LogP contribution in [-0.4, -0.2) is 50.6 Å². The van der Waals surface area contributed by atoms with Crippen LogP contribution in [0.5, 0.6) is 0 Å². The summed E-state index contributed by atoms with van der Waals surface area (Å²) in [6, 6.07) is 0. The van der Waals surface area contributed by atoms with E-state index in [2.05, 4.69) is 14.5 Å². The normalized spacial score (nSPS) is 11.5. The molecular weight excluding hydrogens is 226 g/mol. The van der Waals surface area contributed by atoms with Crippen molar-refractivity contribution in [1.82, 2.24) is 0 Å². The molecule has 0 rings (SSSR count). The quantitative estimate of drug-likeness (QED) is 0.505. The fourth-order valence-corrected chi connectivity index (χ4v) is 0.782. The summed E-state index contributed by atoms with van der Waals surface area (Å²) < 4.78 is 13.8. The largest absolute Gasteiger partial charge is 0.457 e. The van der Waals surface area contributed by atoms with E-state index in [0.717, 1.165) is 0 Å². The van der Waals surface area contributed by atoms with Gasteiger partial charge in [0.25, 0.3) is 0 Å². The molecule has 6 nitrogen and oxygen atoms in total. The Morgan fingerprint density at radius 2 is 1.71 bits per heavy atom. The molecule has 0 unspecified atom stereocenters. The van der Waals surface area contributed by atoms with Crippen LogP contribution in [-0.2, 0) is 23.8 Å². The molecule has 0 fully saturated rings. The van der Waals surface area contributed by atoms with Crippen LogP contribution >= 0.6 is 0 Å². The van der Waals surface area contributed by atoms with Crippen LogP contribution in [0.15, 0.2) is 4.99 Å². The first-order valence-electron chi connectivity index (χ1n) is 5.19. The lowest BCUT2D eigenvalue weighted by atomic mass is 10.1. The molecule has 0 bridgehead atoms. The molecule has 0 saturated heterocycles. The van der Waals surface area contributed by atoms with E-state index in [-0.39, 0.29) is 18.8 Å². The molecule has 0 N–H and O–H groups in total. The summed E-state index contributed by atoms with van der Waals surface area (Å²) in [6.07, 6.45) is 1.51. The first-order chi connectivity index (χ1) is 7.85. The summed E-state index contributed by atoms with van der Waals surface area (Å²) in [5.74, 6) is -1.22. The number of carbonyl (C=O) groups is 2. The van der Waals surface area contributed by atoms with Crippen LogP contribution in [0.2, 0.25) is 0 Å². The van der Waals surface area contributed by atoms with Crippen molar-refractivity contribution in [3.05, 3.63) is 0 Å². The summed E-state index contributed by atoms with van der Waals surface area (Å²) in [6.45, 7) is 5.26. The van der Waals surface area contributed by atoms with Crippen LogP contribution in [0.4, 0.5) is 0 Å². The van der Waals surface area contributed by atoms with Crippen molar-refractivity contribution in [2.24, 2.45) is 4.99 Å². The summed E-state index contributed by atoms with van der Waals surface area (Å²) >= 11 is 0. The average Bonchev–Trinajstić information content (AvgIpc) is 2.21. The Morgan fingerprint density at radius 1 is 1.12 bits per heavy atom. The predicted molar refractivity (Wildman–Crippen MR) is 62.0 cm³/mol. The molecule has 0 aliphatic carbocycles. The Morgan fingerprint density at radius 3 is 2.24 bits per heavy atom. The summed E-state index contributed by atoms with van der Waals surface area (Å²) in [4.78, 5) is 26.0. The van der Waals surface area contributed by atoms with Gasteiger partial charge in [-0.2, -0.15) is 0 Å². The zero-order valence-electron chi connectivity index (χ0n) is 10.7. The summed E-state index contributed by atoms with van der Waals surface area (Å²) in [5.41, 5.74) is -0.197. The Kier molecular flexibility index (Phi) is 7.13. The fourth-order valence-electron chi connectivity index (χ4n) is 0.782. The van der Waals surface area contributed by atoms with Crippen molar-refractivity contribution in [1.29, 1.82) is 0 Å². The smallest absolute Gasteiger partial charge is 0.344 e. The van der Waals surface area contributed by atoms with Gasteiger partial charge in [-0.1, -0.05) is 0 Å². The van der Waals surface area contributed by atoms with E-state index in [4.69, 9.17) is 4.74 Å². The standard InChI is InChI=1S/C11H19NO5/c1-11(2,3)12-5-6-16-10(14)8-17-9(13)7-15-4/h5H,6-8H2,1-4H3. The number of carbonyl (C=O) groups excluding carboxylic acids is 2. The van der Waals surface area contributed by atoms with E-state index < -0.39 is 18.5 Å². The zero-order valence-corrected chi connectivity index (χ0v) is 10.7. The molecule has 17 heavy (non-hydrogen) atoms. The molecule has 98 valence electrons. The number of hydrogen-bond acceptors (Lipinski definition) is 6. The lowest BCUT2D eigenvalue weighted by Gasteiger charge is -2.10. The molecule has 0 aliphatic heterocycles. The van der Waals surface area contributed by atoms with Gasteiger partial charge in [0.2, 0.25) is 0 Å². The van der Waals surface area contributed by atoms with E-state index in [0.29, 0.717) is 0 Å². The highest BCUT2D eigenvalue weighted by Crippen LogP contribution is 2.04. The van der Waals surface area contributed by atoms with E-state index in [1.54, 1.807) is 0 Å². The molecule has 6 heteroatoms. The lowest BCUT2D eigenvalue weighted by Crippen LogP contribution is -2.20. The van der Waals surface area contributed by atoms with E-state index >= 15 is 0 Å². The highest BCUT2D eigenvalue weighted by Gasteiger charge is 2.08. The van der Waals surface area contributed by atoms with Crippen molar-refractivity contribution >= 4 is 18.2 Å². The highest BCUT2D eigenvalue weighted by molar-refractivity contribution is 5.78. The van der Waals surface area contributed by atoms with Gasteiger partial charge in [-0.05, 0) is 20.8 Å². The highest BCUT2D eigenvalue weighted by atomic mass is 16.6. The second-order valence-electron chi connectivity index (χ2n) is 4.26. The maximum absolute atomic E-state index is 11.1. The Bertz CT molecular complexity index is 280. The first-order valence-corrected chi connectivity index (χ1v) is 5.19. The van der Waals surface area contributed by atoms with Crippen LogP contribution in [0.1, 0.15) is 20.8 Å². The topological polar surface area (TPSA) is 74.2 Å². The molecule has 0 saturated carbocycles. The molecule has 0 amide bonds. The van der Waals surface area contributed by atoms with Crippen LogP contribution in [0, 0.1) is 0 Å². The first kappa shape index (κ1) is 15.6. The third-order valence-corrected chi connectivity index (χ3v) is 1.41. The number of hydrogen-bond donors (Lipinski definition) is 0. The summed E-state index contributed by atoms with van der Waals surface area (Å²) in [7, 11) is 1.36. The number of aliphatic imine (C=N–C) groups is 1. The van der Waals surface area contributed by atoms with Crippen molar-refractivity contribution in [2.45, 2.75) is 26.3 Å². The third-order valence-electron chi connectivity index (χ3n) is 1.41. The molecule has 0 atom stereocenters. The molecule has 0 aliphatic rings. The lowest BCUT2D eigenvalue weighted by molar-refractivity contribution is -0.159. The third kappa shape index (κ3) is 10.8. The average molecular weight is 245 g/mol. The molecule has 0 spiro atoms. The van der Waals surface area contributed by atoms with Gasteiger partial charge in [0.1, 0.15) is 13.2 Å². The van der Waals surface area contributed by atoms with E-state index in [1.807, 2.05) is 20.8 Å². The molecule has 0 radical (unpaired) electrons. The second-order valence-corrected chi connectivity index (χ2v) is 4.26. The maximum atomic E-state index is 11.1. The predicted octanol–water partition coefficient (Wildman–Crippen LogP) is 0.588. The van der Waals surface area contributed by atoms with Gasteiger partial charge >= 0.3 is 11.9 Å². The SMILES string of the molecule is COCC(=O)OCC(=O)OCC=NC(C)(C)C. The van der Waals surface area contributed by atoms with Crippen molar-refractivity contribution < 1.29 is 23.8 Å². The van der Waals surface area contributed by atoms with Crippen molar-refractivity contribution in [2.75, 3.05) is 26.9 Å². The van der Waals surface area contributed by atoms with Gasteiger partial charge in [-0.15, -0.1) is 0 Å². The molecule has 0 aromatic heterocycles. The Labute approximate surface area is 101 Å². The van der Waals surface area contributed by atoms with Gasteiger partial charge in [0, 0.05) is 13.3 Å². The number of rotatable bonds is 6. The van der Waals surface area contributed by atoms with E-state index in [9.17, 15) is 9.59 Å². The van der Waals surface area contributed by atoms with Gasteiger partial charge in [-0.3, -0.25) is 4.99 Å². The van der Waals surface area contributed by atoms with Crippen LogP contribution in [0.3, 0.4) is 0 Å². The van der Waals surface area contributed by atoms with Crippen LogP contribution < -0.4 is 0 Å². The number of methoxy groups -OCH3 is 1. The molecule has 0 heterocycles. The Balaban J connectivity index is 3.67. The van der Waals surface area contributed by atoms with Crippen LogP contribution in [0.25, 0.3) is 0 Å². The number of esters is 2. The number of ether oxygens (including phenoxy) is 3. The molecule has 0 aromatic rings. The molecule has 0 aromatic carbocycles. The zero-order chi connectivity index (χ0) is 13.3. The minimum atomic E-state index is -0.616. The fraction of sp³-hybridized carbons (Fsp3) is 0.727. The number of nitrogens with zero attached hydrogens (tertiary/aromatic N) is 1. The van der Waals surface area contributed by atoms with Gasteiger partial charge in [0.15, 0.2) is 6.61 Å². The second kappa shape index (κ2) is 7.78. The minimum Gasteiger partial charge on any atom is -0.457 e. The van der Waals surface area contributed by atoms with Crippen molar-refractivity contribution in [3.63, 3.8) is 0 Å². The molecular formula is C11H19NO5. The monoisotopic (exact) mass is 245 g/mol. The van der Waals surface area contributed by atoms with Gasteiger partial charge in [0.05, 0.1) is 5.54 Å². The Hall–Kier alpha value is -1.43. The maximum Gasteiger partial charge on any atom is 0.344 e.